The highest BCUT2D eigenvalue weighted by Gasteiger charge is 2.28. The van der Waals surface area contributed by atoms with E-state index in [1.807, 2.05) is 37.4 Å². The van der Waals surface area contributed by atoms with Crippen molar-refractivity contribution in [3.05, 3.63) is 63.6 Å². The number of benzene rings is 2. The number of nitrogens with zero attached hydrogens (tertiary/aromatic N) is 2. The summed E-state index contributed by atoms with van der Waals surface area (Å²) < 4.78 is 23.8. The van der Waals surface area contributed by atoms with E-state index in [2.05, 4.69) is 9.99 Å². The van der Waals surface area contributed by atoms with Crippen molar-refractivity contribution in [1.29, 1.82) is 0 Å². The molecule has 0 aliphatic carbocycles. The van der Waals surface area contributed by atoms with Gasteiger partial charge in [-0.3, -0.25) is 18.9 Å². The number of likely N-dealkylation sites (tertiary alicyclic amines) is 1. The molecule has 2 aromatic rings. The van der Waals surface area contributed by atoms with Crippen molar-refractivity contribution < 1.29 is 18.4 Å². The van der Waals surface area contributed by atoms with Crippen LogP contribution >= 0.6 is 30.9 Å². The summed E-state index contributed by atoms with van der Waals surface area (Å²) in [5, 5.41) is 3.83. The number of nitrogens with one attached hydrogen (secondary N) is 1. The molecule has 192 valence electrons. The summed E-state index contributed by atoms with van der Waals surface area (Å²) in [4.78, 5) is 17.5. The molecule has 0 radical (unpaired) electrons. The summed E-state index contributed by atoms with van der Waals surface area (Å²) in [5.41, 5.74) is 2.36. The van der Waals surface area contributed by atoms with Crippen molar-refractivity contribution in [1.82, 2.24) is 9.80 Å². The Morgan fingerprint density at radius 1 is 1.09 bits per heavy atom. The van der Waals surface area contributed by atoms with E-state index < -0.39 is 7.75 Å². The van der Waals surface area contributed by atoms with Gasteiger partial charge in [0, 0.05) is 19.3 Å². The molecule has 1 fully saturated rings. The largest absolute Gasteiger partial charge is 0.432 e. The third kappa shape index (κ3) is 7.94. The van der Waals surface area contributed by atoms with E-state index >= 15 is 0 Å². The molecule has 35 heavy (non-hydrogen) atoms. The van der Waals surface area contributed by atoms with Crippen LogP contribution in [0.4, 0.5) is 5.69 Å². The van der Waals surface area contributed by atoms with Crippen LogP contribution in [0.2, 0.25) is 10.0 Å². The first kappa shape index (κ1) is 28.0. The SMILES string of the molecule is CCOP(=O)(Nc1cccc([C@@H](CN2CCCC2)N(C)C(=O)Cc2ccc(Cl)c(Cl)c2)c1)OCC. The van der Waals surface area contributed by atoms with Gasteiger partial charge in [0.2, 0.25) is 5.91 Å². The third-order valence-corrected chi connectivity index (χ3v) is 8.43. The normalized spacial score (nSPS) is 15.2. The Morgan fingerprint density at radius 2 is 1.77 bits per heavy atom. The lowest BCUT2D eigenvalue weighted by molar-refractivity contribution is -0.131. The molecular formula is C25H34Cl2N3O4P. The van der Waals surface area contributed by atoms with Gasteiger partial charge in [-0.1, -0.05) is 41.4 Å². The lowest BCUT2D eigenvalue weighted by Gasteiger charge is -2.32. The molecule has 0 saturated carbocycles. The lowest BCUT2D eigenvalue weighted by Crippen LogP contribution is -2.39. The molecule has 7 nitrogen and oxygen atoms in total. The highest BCUT2D eigenvalue weighted by molar-refractivity contribution is 7.55. The fourth-order valence-corrected chi connectivity index (χ4v) is 5.86. The summed E-state index contributed by atoms with van der Waals surface area (Å²) in [7, 11) is -1.66. The third-order valence-electron chi connectivity index (χ3n) is 5.97. The average Bonchev–Trinajstić information content (AvgIpc) is 3.33. The number of rotatable bonds is 12. The number of amides is 1. The van der Waals surface area contributed by atoms with Crippen LogP contribution in [-0.4, -0.2) is 55.6 Å². The highest BCUT2D eigenvalue weighted by atomic mass is 35.5. The summed E-state index contributed by atoms with van der Waals surface area (Å²) in [6.45, 7) is 6.78. The van der Waals surface area contributed by atoms with Gasteiger partial charge in [0.25, 0.3) is 0 Å². The maximum Gasteiger partial charge on any atom is 0.432 e. The second-order valence-corrected chi connectivity index (χ2v) is 11.1. The molecule has 1 aliphatic heterocycles. The van der Waals surface area contributed by atoms with Crippen LogP contribution < -0.4 is 5.09 Å². The van der Waals surface area contributed by atoms with E-state index in [1.54, 1.807) is 30.9 Å². The zero-order valence-electron chi connectivity index (χ0n) is 20.5. The van der Waals surface area contributed by atoms with Crippen LogP contribution in [0.3, 0.4) is 0 Å². The van der Waals surface area contributed by atoms with Crippen molar-refractivity contribution in [3.8, 4) is 0 Å². The van der Waals surface area contributed by atoms with Crippen LogP contribution in [-0.2, 0) is 24.8 Å². The van der Waals surface area contributed by atoms with Crippen molar-refractivity contribution in [2.45, 2.75) is 39.2 Å². The molecule has 1 saturated heterocycles. The molecule has 0 unspecified atom stereocenters. The minimum Gasteiger partial charge on any atom is -0.337 e. The van der Waals surface area contributed by atoms with Crippen molar-refractivity contribution in [2.24, 2.45) is 0 Å². The van der Waals surface area contributed by atoms with Crippen molar-refractivity contribution >= 4 is 42.5 Å². The Balaban J connectivity index is 1.84. The average molecular weight is 542 g/mol. The molecule has 1 N–H and O–H groups in total. The molecule has 1 heterocycles. The molecule has 10 heteroatoms. The molecule has 1 amide bonds. The summed E-state index contributed by atoms with van der Waals surface area (Å²) in [6.07, 6.45) is 2.52. The van der Waals surface area contributed by atoms with E-state index in [-0.39, 0.29) is 31.6 Å². The van der Waals surface area contributed by atoms with E-state index in [0.29, 0.717) is 22.3 Å². The fraction of sp³-hybridized carbons (Fsp3) is 0.480. The van der Waals surface area contributed by atoms with Gasteiger partial charge in [0.1, 0.15) is 0 Å². The van der Waals surface area contributed by atoms with Gasteiger partial charge in [-0.25, -0.2) is 4.57 Å². The second kappa shape index (κ2) is 13.1. The summed E-state index contributed by atoms with van der Waals surface area (Å²) in [5.74, 6) is -0.0275. The predicted octanol–water partition coefficient (Wildman–Crippen LogP) is 6.42. The Kier molecular flexibility index (Phi) is 10.5. The lowest BCUT2D eigenvalue weighted by atomic mass is 10.0. The summed E-state index contributed by atoms with van der Waals surface area (Å²) >= 11 is 12.2. The number of carbonyl (C=O) groups excluding carboxylic acids is 1. The maximum absolute atomic E-state index is 13.3. The van der Waals surface area contributed by atoms with Crippen molar-refractivity contribution in [3.63, 3.8) is 0 Å². The Labute approximate surface area is 218 Å². The Bertz CT molecular complexity index is 1040. The van der Waals surface area contributed by atoms with Crippen LogP contribution in [0.15, 0.2) is 42.5 Å². The van der Waals surface area contributed by atoms with Crippen LogP contribution in [0.1, 0.15) is 43.9 Å². The Morgan fingerprint density at radius 3 is 2.40 bits per heavy atom. The molecule has 1 aliphatic rings. The van der Waals surface area contributed by atoms with Gasteiger partial charge in [-0.2, -0.15) is 0 Å². The second-order valence-electron chi connectivity index (χ2n) is 8.52. The first-order chi connectivity index (χ1) is 16.7. The summed E-state index contributed by atoms with van der Waals surface area (Å²) in [6, 6.07) is 12.7. The monoisotopic (exact) mass is 541 g/mol. The standard InChI is InChI=1S/C25H34Cl2N3O4P/c1-4-33-35(32,34-5-2)28-21-10-8-9-20(17-21)24(18-30-13-6-7-14-30)29(3)25(31)16-19-11-12-22(26)23(27)15-19/h8-12,15,17,24H,4-7,13-14,16,18H2,1-3H3,(H,28,32)/t24-/m1/s1. The predicted molar refractivity (Wildman–Crippen MR) is 142 cm³/mol. The molecule has 0 aromatic heterocycles. The first-order valence-corrected chi connectivity index (χ1v) is 14.2. The molecule has 3 rings (SSSR count). The zero-order chi connectivity index (χ0) is 25.4. The number of hydrogen-bond acceptors (Lipinski definition) is 5. The fourth-order valence-electron chi connectivity index (χ4n) is 4.20. The minimum atomic E-state index is -3.48. The van der Waals surface area contributed by atoms with Gasteiger partial charge in [0.05, 0.1) is 35.7 Å². The van der Waals surface area contributed by atoms with E-state index in [4.69, 9.17) is 32.2 Å². The van der Waals surface area contributed by atoms with E-state index in [0.717, 1.165) is 37.1 Å². The smallest absolute Gasteiger partial charge is 0.337 e. The molecule has 0 bridgehead atoms. The van der Waals surface area contributed by atoms with Crippen LogP contribution in [0, 0.1) is 0 Å². The van der Waals surface area contributed by atoms with Crippen LogP contribution in [0.25, 0.3) is 0 Å². The van der Waals surface area contributed by atoms with E-state index in [1.165, 1.54) is 0 Å². The Hall–Kier alpha value is -1.60. The minimum absolute atomic E-state index is 0.0275. The van der Waals surface area contributed by atoms with Gasteiger partial charge < -0.3 is 9.80 Å². The number of likely N-dealkylation sites (N-methyl/N-ethyl adjacent to an activating group) is 1. The topological polar surface area (TPSA) is 71.1 Å². The number of anilines is 1. The van der Waals surface area contributed by atoms with Gasteiger partial charge >= 0.3 is 7.75 Å². The van der Waals surface area contributed by atoms with E-state index in [9.17, 15) is 9.36 Å². The van der Waals surface area contributed by atoms with Crippen LogP contribution in [0.5, 0.6) is 0 Å². The number of halogens is 2. The quantitative estimate of drug-likeness (QED) is 0.312. The highest BCUT2D eigenvalue weighted by Crippen LogP contribution is 2.48. The maximum atomic E-state index is 13.3. The van der Waals surface area contributed by atoms with Gasteiger partial charge in [-0.05, 0) is 75.2 Å². The number of hydrogen-bond donors (Lipinski definition) is 1. The molecular weight excluding hydrogens is 508 g/mol. The van der Waals surface area contributed by atoms with Crippen molar-refractivity contribution in [2.75, 3.05) is 45.0 Å². The molecule has 0 spiro atoms. The van der Waals surface area contributed by atoms with Gasteiger partial charge in [0.15, 0.2) is 0 Å². The molecule has 2 aromatic carbocycles. The first-order valence-electron chi connectivity index (χ1n) is 11.9. The van der Waals surface area contributed by atoms with Gasteiger partial charge in [-0.15, -0.1) is 0 Å². The molecule has 1 atom stereocenters. The zero-order valence-corrected chi connectivity index (χ0v) is 22.9. The number of carbonyl (C=O) groups is 1.